The molecule has 4 aromatic rings. The molecule has 0 aliphatic carbocycles. The summed E-state index contributed by atoms with van der Waals surface area (Å²) in [6.45, 7) is 1.95. The first kappa shape index (κ1) is 26.8. The molecule has 4 rings (SSSR count). The Morgan fingerprint density at radius 1 is 0.973 bits per heavy atom. The van der Waals surface area contributed by atoms with Crippen molar-refractivity contribution in [3.63, 3.8) is 0 Å². The van der Waals surface area contributed by atoms with Gasteiger partial charge < -0.3 is 5.32 Å². The zero-order valence-corrected chi connectivity index (χ0v) is 21.6. The number of alkyl halides is 3. The first-order valence-corrected chi connectivity index (χ1v) is 12.1. The highest BCUT2D eigenvalue weighted by atomic mass is 35.5. The van der Waals surface area contributed by atoms with Crippen LogP contribution in [0, 0.1) is 6.92 Å². The van der Waals surface area contributed by atoms with Crippen LogP contribution in [-0.2, 0) is 17.5 Å². The molecular formula is C27H19Cl3F3N3O. The lowest BCUT2D eigenvalue weighted by Gasteiger charge is -2.11. The highest BCUT2D eigenvalue weighted by molar-refractivity contribution is 6.35. The molecule has 37 heavy (non-hydrogen) atoms. The minimum atomic E-state index is -4.41. The minimum Gasteiger partial charge on any atom is -0.348 e. The van der Waals surface area contributed by atoms with Crippen LogP contribution >= 0.6 is 34.8 Å². The van der Waals surface area contributed by atoms with Gasteiger partial charge in [-0.3, -0.25) is 4.79 Å². The second-order valence-electron chi connectivity index (χ2n) is 8.12. The predicted molar refractivity (Wildman–Crippen MR) is 141 cm³/mol. The largest absolute Gasteiger partial charge is 0.416 e. The van der Waals surface area contributed by atoms with E-state index in [0.29, 0.717) is 32.0 Å². The lowest BCUT2D eigenvalue weighted by molar-refractivity contribution is -0.137. The van der Waals surface area contributed by atoms with Crippen molar-refractivity contribution >= 4 is 46.8 Å². The third-order valence-electron chi connectivity index (χ3n) is 5.56. The van der Waals surface area contributed by atoms with Crippen LogP contribution in [0.3, 0.4) is 0 Å². The van der Waals surface area contributed by atoms with Gasteiger partial charge in [0.1, 0.15) is 0 Å². The number of rotatable bonds is 6. The predicted octanol–water partition coefficient (Wildman–Crippen LogP) is 8.16. The van der Waals surface area contributed by atoms with Crippen molar-refractivity contribution in [2.24, 2.45) is 0 Å². The molecule has 3 aromatic carbocycles. The van der Waals surface area contributed by atoms with Crippen molar-refractivity contribution in [2.75, 3.05) is 0 Å². The van der Waals surface area contributed by atoms with E-state index in [1.54, 1.807) is 41.1 Å². The summed E-state index contributed by atoms with van der Waals surface area (Å²) in [6, 6.07) is 16.9. The monoisotopic (exact) mass is 563 g/mol. The van der Waals surface area contributed by atoms with E-state index in [1.807, 2.05) is 19.1 Å². The van der Waals surface area contributed by atoms with Gasteiger partial charge in [0.05, 0.1) is 27.7 Å². The molecule has 190 valence electrons. The van der Waals surface area contributed by atoms with Gasteiger partial charge in [-0.15, -0.1) is 0 Å². The minimum absolute atomic E-state index is 0.0745. The third-order valence-corrected chi connectivity index (χ3v) is 6.34. The van der Waals surface area contributed by atoms with Crippen molar-refractivity contribution in [3.05, 3.63) is 110 Å². The number of benzene rings is 3. The lowest BCUT2D eigenvalue weighted by Crippen LogP contribution is -2.20. The first-order valence-electron chi connectivity index (χ1n) is 11.0. The molecule has 0 atom stereocenters. The van der Waals surface area contributed by atoms with Gasteiger partial charge in [0.25, 0.3) is 0 Å². The van der Waals surface area contributed by atoms with Crippen LogP contribution in [0.15, 0.2) is 72.8 Å². The summed E-state index contributed by atoms with van der Waals surface area (Å²) in [6.07, 6.45) is -1.52. The summed E-state index contributed by atoms with van der Waals surface area (Å²) >= 11 is 18.6. The molecule has 0 aliphatic rings. The van der Waals surface area contributed by atoms with E-state index in [0.717, 1.165) is 29.0 Å². The molecule has 1 N–H and O–H groups in total. The zero-order valence-electron chi connectivity index (χ0n) is 19.3. The number of aromatic nitrogens is 2. The maximum atomic E-state index is 12.7. The molecule has 0 fully saturated rings. The Balaban J connectivity index is 1.59. The second kappa shape index (κ2) is 11.0. The molecule has 1 aromatic heterocycles. The summed E-state index contributed by atoms with van der Waals surface area (Å²) in [4.78, 5) is 12.4. The standard InChI is InChI=1S/C27H19Cl3F3N3O/c1-16-23(11-13-25(37)34-15-17-2-6-19(7-3-17)27(31,32)33)35-36(24-12-10-21(29)14-22(24)30)26(16)18-4-8-20(28)9-5-18/h2-14H,15H2,1H3,(H,34,37)/b13-11+. The normalized spacial score (nSPS) is 11.8. The van der Waals surface area contributed by atoms with Crippen molar-refractivity contribution < 1.29 is 18.0 Å². The number of hydrogen-bond donors (Lipinski definition) is 1. The van der Waals surface area contributed by atoms with E-state index in [-0.39, 0.29) is 6.54 Å². The average molecular weight is 565 g/mol. The van der Waals surface area contributed by atoms with Crippen LogP contribution < -0.4 is 5.32 Å². The SMILES string of the molecule is Cc1c(/C=C/C(=O)NCc2ccc(C(F)(F)F)cc2)nn(-c2ccc(Cl)cc2Cl)c1-c1ccc(Cl)cc1. The van der Waals surface area contributed by atoms with E-state index in [2.05, 4.69) is 10.4 Å². The van der Waals surface area contributed by atoms with Gasteiger partial charge in [0, 0.05) is 33.8 Å². The third kappa shape index (κ3) is 6.36. The van der Waals surface area contributed by atoms with Crippen molar-refractivity contribution in [3.8, 4) is 16.9 Å². The van der Waals surface area contributed by atoms with Crippen LogP contribution in [0.25, 0.3) is 23.0 Å². The molecule has 0 spiro atoms. The number of amides is 1. The summed E-state index contributed by atoms with van der Waals surface area (Å²) in [5.74, 6) is -0.425. The Bertz CT molecular complexity index is 1460. The highest BCUT2D eigenvalue weighted by Crippen LogP contribution is 2.33. The van der Waals surface area contributed by atoms with Gasteiger partial charge in [-0.05, 0) is 61.0 Å². The summed E-state index contributed by atoms with van der Waals surface area (Å²) in [5.41, 5.74) is 3.31. The zero-order chi connectivity index (χ0) is 26.7. The Morgan fingerprint density at radius 3 is 2.24 bits per heavy atom. The lowest BCUT2D eigenvalue weighted by atomic mass is 10.1. The molecule has 0 unspecified atom stereocenters. The Kier molecular flexibility index (Phi) is 7.97. The molecular weight excluding hydrogens is 546 g/mol. The fraction of sp³-hybridized carbons (Fsp3) is 0.111. The van der Waals surface area contributed by atoms with Gasteiger partial charge >= 0.3 is 6.18 Å². The van der Waals surface area contributed by atoms with Crippen LogP contribution in [0.4, 0.5) is 13.2 Å². The fourth-order valence-electron chi connectivity index (χ4n) is 3.66. The van der Waals surface area contributed by atoms with Gasteiger partial charge in [0.2, 0.25) is 5.91 Å². The average Bonchev–Trinajstić information content (AvgIpc) is 3.17. The molecule has 0 aliphatic heterocycles. The summed E-state index contributed by atoms with van der Waals surface area (Å²) in [7, 11) is 0. The second-order valence-corrected chi connectivity index (χ2v) is 9.40. The Labute approximate surface area is 226 Å². The summed E-state index contributed by atoms with van der Waals surface area (Å²) in [5, 5.41) is 8.80. The molecule has 1 heterocycles. The van der Waals surface area contributed by atoms with Crippen molar-refractivity contribution in [1.29, 1.82) is 0 Å². The van der Waals surface area contributed by atoms with Gasteiger partial charge in [-0.2, -0.15) is 18.3 Å². The molecule has 0 radical (unpaired) electrons. The Hall–Kier alpha value is -3.26. The molecule has 0 bridgehead atoms. The van der Waals surface area contributed by atoms with Crippen molar-refractivity contribution in [2.45, 2.75) is 19.6 Å². The van der Waals surface area contributed by atoms with E-state index in [1.165, 1.54) is 18.2 Å². The summed E-state index contributed by atoms with van der Waals surface area (Å²) < 4.78 is 39.9. The smallest absolute Gasteiger partial charge is 0.348 e. The molecule has 10 heteroatoms. The molecule has 1 amide bonds. The number of nitrogens with zero attached hydrogens (tertiary/aromatic N) is 2. The first-order chi connectivity index (χ1) is 17.5. The number of hydrogen-bond acceptors (Lipinski definition) is 2. The van der Waals surface area contributed by atoms with Crippen LogP contribution in [0.5, 0.6) is 0 Å². The number of carbonyl (C=O) groups excluding carboxylic acids is 1. The van der Waals surface area contributed by atoms with Crippen LogP contribution in [0.1, 0.15) is 22.4 Å². The van der Waals surface area contributed by atoms with E-state index < -0.39 is 17.6 Å². The Morgan fingerprint density at radius 2 is 1.62 bits per heavy atom. The topological polar surface area (TPSA) is 46.9 Å². The van der Waals surface area contributed by atoms with Crippen LogP contribution in [0.2, 0.25) is 15.1 Å². The molecule has 0 saturated heterocycles. The van der Waals surface area contributed by atoms with Gasteiger partial charge in [-0.1, -0.05) is 59.1 Å². The maximum Gasteiger partial charge on any atom is 0.416 e. The van der Waals surface area contributed by atoms with Crippen molar-refractivity contribution in [1.82, 2.24) is 15.1 Å². The number of halogens is 6. The van der Waals surface area contributed by atoms with Crippen LogP contribution in [-0.4, -0.2) is 15.7 Å². The number of nitrogens with one attached hydrogen (secondary N) is 1. The van der Waals surface area contributed by atoms with Gasteiger partial charge in [0.15, 0.2) is 0 Å². The maximum absolute atomic E-state index is 12.7. The van der Waals surface area contributed by atoms with E-state index >= 15 is 0 Å². The number of carbonyl (C=O) groups is 1. The van der Waals surface area contributed by atoms with E-state index in [4.69, 9.17) is 34.8 Å². The molecule has 0 saturated carbocycles. The quantitative estimate of drug-likeness (QED) is 0.240. The van der Waals surface area contributed by atoms with Gasteiger partial charge in [-0.25, -0.2) is 4.68 Å². The highest BCUT2D eigenvalue weighted by Gasteiger charge is 2.29. The fourth-order valence-corrected chi connectivity index (χ4v) is 4.27. The molecule has 4 nitrogen and oxygen atoms in total. The van der Waals surface area contributed by atoms with E-state index in [9.17, 15) is 18.0 Å².